The maximum Gasteiger partial charge on any atom is 0.222 e. The zero-order valence-electron chi connectivity index (χ0n) is 13.7. The highest BCUT2D eigenvalue weighted by molar-refractivity contribution is 5.96. The van der Waals surface area contributed by atoms with Crippen LogP contribution in [0.15, 0.2) is 36.5 Å². The van der Waals surface area contributed by atoms with Crippen LogP contribution < -0.4 is 14.8 Å². The Kier molecular flexibility index (Phi) is 4.02. The summed E-state index contributed by atoms with van der Waals surface area (Å²) in [6, 6.07) is 9.98. The number of methoxy groups -OCH3 is 2. The second-order valence-corrected chi connectivity index (χ2v) is 5.26. The molecule has 3 rings (SSSR count). The minimum Gasteiger partial charge on any atom is -0.497 e. The maximum atomic E-state index is 5.55. The second kappa shape index (κ2) is 6.12. The van der Waals surface area contributed by atoms with E-state index in [-0.39, 0.29) is 0 Å². The van der Waals surface area contributed by atoms with Gasteiger partial charge in [-0.3, -0.25) is 0 Å². The van der Waals surface area contributed by atoms with E-state index in [0.717, 1.165) is 39.1 Å². The van der Waals surface area contributed by atoms with E-state index in [2.05, 4.69) is 34.3 Å². The third-order valence-electron chi connectivity index (χ3n) is 3.75. The first kappa shape index (κ1) is 15.1. The molecule has 0 saturated carbocycles. The summed E-state index contributed by atoms with van der Waals surface area (Å²) in [7, 11) is 5.11. The lowest BCUT2D eigenvalue weighted by Gasteiger charge is -2.13. The first-order valence-electron chi connectivity index (χ1n) is 7.34. The summed E-state index contributed by atoms with van der Waals surface area (Å²) in [5, 5.41) is 3.98. The zero-order valence-corrected chi connectivity index (χ0v) is 13.7. The van der Waals surface area contributed by atoms with E-state index >= 15 is 0 Å². The van der Waals surface area contributed by atoms with Crippen LogP contribution in [0.3, 0.4) is 0 Å². The van der Waals surface area contributed by atoms with Crippen molar-refractivity contribution in [2.75, 3.05) is 26.6 Å². The molecule has 0 aliphatic heterocycles. The van der Waals surface area contributed by atoms with Crippen LogP contribution in [0, 0.1) is 6.92 Å². The fraction of sp³-hybridized carbons (Fsp3) is 0.222. The Morgan fingerprint density at radius 3 is 2.52 bits per heavy atom. The third-order valence-corrected chi connectivity index (χ3v) is 3.75. The normalized spacial score (nSPS) is 10.6. The molecule has 0 spiro atoms. The summed E-state index contributed by atoms with van der Waals surface area (Å²) < 4.78 is 10.8. The van der Waals surface area contributed by atoms with Gasteiger partial charge in [0.25, 0.3) is 0 Å². The summed E-state index contributed by atoms with van der Waals surface area (Å²) in [4.78, 5) is 8.92. The first-order chi connectivity index (χ1) is 11.2. The highest BCUT2D eigenvalue weighted by atomic mass is 16.5. The zero-order chi connectivity index (χ0) is 16.4. The van der Waals surface area contributed by atoms with Gasteiger partial charge in [0.15, 0.2) is 0 Å². The molecule has 23 heavy (non-hydrogen) atoms. The Morgan fingerprint density at radius 2 is 1.83 bits per heavy atom. The largest absolute Gasteiger partial charge is 0.497 e. The quantitative estimate of drug-likeness (QED) is 0.797. The SMILES string of the molecule is CNc1ncc2cc(C)cc(-c3ccc(OC)cc3OC)c2n1. The Morgan fingerprint density at radius 1 is 1.00 bits per heavy atom. The third kappa shape index (κ3) is 2.77. The molecule has 0 aliphatic carbocycles. The van der Waals surface area contributed by atoms with Gasteiger partial charge in [-0.1, -0.05) is 0 Å². The molecule has 0 bridgehead atoms. The number of ether oxygens (including phenoxy) is 2. The molecule has 0 aliphatic rings. The number of nitrogens with one attached hydrogen (secondary N) is 1. The molecule has 1 N–H and O–H groups in total. The molecule has 3 aromatic rings. The Hall–Kier alpha value is -2.82. The van der Waals surface area contributed by atoms with Gasteiger partial charge in [-0.2, -0.15) is 0 Å². The molecule has 0 amide bonds. The smallest absolute Gasteiger partial charge is 0.222 e. The highest BCUT2D eigenvalue weighted by Gasteiger charge is 2.13. The van der Waals surface area contributed by atoms with E-state index in [1.807, 2.05) is 31.4 Å². The minimum atomic E-state index is 0.593. The van der Waals surface area contributed by atoms with E-state index in [9.17, 15) is 0 Å². The molecule has 1 aromatic heterocycles. The number of aromatic nitrogens is 2. The van der Waals surface area contributed by atoms with Crippen molar-refractivity contribution in [1.82, 2.24) is 9.97 Å². The topological polar surface area (TPSA) is 56.3 Å². The van der Waals surface area contributed by atoms with Crippen molar-refractivity contribution >= 4 is 16.9 Å². The number of benzene rings is 2. The van der Waals surface area contributed by atoms with Crippen LogP contribution >= 0.6 is 0 Å². The van der Waals surface area contributed by atoms with Crippen LogP contribution in [0.1, 0.15) is 5.56 Å². The fourth-order valence-corrected chi connectivity index (χ4v) is 2.64. The van der Waals surface area contributed by atoms with Crippen LogP contribution in [-0.2, 0) is 0 Å². The predicted octanol–water partition coefficient (Wildman–Crippen LogP) is 3.66. The number of nitrogens with zero attached hydrogens (tertiary/aromatic N) is 2. The molecular formula is C18H19N3O2. The van der Waals surface area contributed by atoms with Gasteiger partial charge < -0.3 is 14.8 Å². The van der Waals surface area contributed by atoms with Crippen molar-refractivity contribution < 1.29 is 9.47 Å². The van der Waals surface area contributed by atoms with Gasteiger partial charge in [-0.25, -0.2) is 9.97 Å². The lowest BCUT2D eigenvalue weighted by Crippen LogP contribution is -1.98. The minimum absolute atomic E-state index is 0.593. The predicted molar refractivity (Wildman–Crippen MR) is 92.4 cm³/mol. The summed E-state index contributed by atoms with van der Waals surface area (Å²) in [5.74, 6) is 2.10. The molecule has 0 unspecified atom stereocenters. The number of anilines is 1. The Balaban J connectivity index is 2.30. The summed E-state index contributed by atoms with van der Waals surface area (Å²) >= 11 is 0. The van der Waals surface area contributed by atoms with Gasteiger partial charge in [-0.15, -0.1) is 0 Å². The molecular weight excluding hydrogens is 290 g/mol. The van der Waals surface area contributed by atoms with Crippen LogP contribution in [0.25, 0.3) is 22.0 Å². The van der Waals surface area contributed by atoms with Gasteiger partial charge in [0.05, 0.1) is 19.7 Å². The number of aryl methyl sites for hydroxylation is 1. The van der Waals surface area contributed by atoms with Crippen molar-refractivity contribution in [2.24, 2.45) is 0 Å². The lowest BCUT2D eigenvalue weighted by molar-refractivity contribution is 0.395. The van der Waals surface area contributed by atoms with Crippen LogP contribution in [0.4, 0.5) is 5.95 Å². The molecule has 0 fully saturated rings. The van der Waals surface area contributed by atoms with Gasteiger partial charge in [0.2, 0.25) is 5.95 Å². The van der Waals surface area contributed by atoms with Gasteiger partial charge in [0.1, 0.15) is 11.5 Å². The van der Waals surface area contributed by atoms with Crippen molar-refractivity contribution in [3.63, 3.8) is 0 Å². The van der Waals surface area contributed by atoms with Crippen LogP contribution in [0.2, 0.25) is 0 Å². The van der Waals surface area contributed by atoms with Gasteiger partial charge >= 0.3 is 0 Å². The molecule has 1 heterocycles. The summed E-state index contributed by atoms with van der Waals surface area (Å²) in [6.07, 6.45) is 1.83. The standard InChI is InChI=1S/C18H19N3O2/c1-11-7-12-10-20-18(19-2)21-17(12)15(8-11)14-6-5-13(22-3)9-16(14)23-4/h5-10H,1-4H3,(H,19,20,21). The van der Waals surface area contributed by atoms with Crippen molar-refractivity contribution in [3.05, 3.63) is 42.1 Å². The number of hydrogen-bond donors (Lipinski definition) is 1. The first-order valence-corrected chi connectivity index (χ1v) is 7.34. The van der Waals surface area contributed by atoms with Crippen molar-refractivity contribution in [3.8, 4) is 22.6 Å². The van der Waals surface area contributed by atoms with Crippen molar-refractivity contribution in [1.29, 1.82) is 0 Å². The Bertz CT molecular complexity index is 862. The molecule has 5 nitrogen and oxygen atoms in total. The van der Waals surface area contributed by atoms with Gasteiger partial charge in [0, 0.05) is 35.8 Å². The summed E-state index contributed by atoms with van der Waals surface area (Å²) in [5.41, 5.74) is 4.02. The molecule has 0 radical (unpaired) electrons. The van der Waals surface area contributed by atoms with Crippen molar-refractivity contribution in [2.45, 2.75) is 6.92 Å². The fourth-order valence-electron chi connectivity index (χ4n) is 2.64. The number of fused-ring (bicyclic) bond motifs is 1. The van der Waals surface area contributed by atoms with Crippen LogP contribution in [-0.4, -0.2) is 31.2 Å². The second-order valence-electron chi connectivity index (χ2n) is 5.26. The number of rotatable bonds is 4. The van der Waals surface area contributed by atoms with E-state index in [1.165, 1.54) is 0 Å². The molecule has 2 aromatic carbocycles. The molecule has 0 atom stereocenters. The average Bonchev–Trinajstić information content (AvgIpc) is 2.60. The maximum absolute atomic E-state index is 5.55. The van der Waals surface area contributed by atoms with E-state index in [4.69, 9.17) is 9.47 Å². The molecule has 0 saturated heterocycles. The summed E-state index contributed by atoms with van der Waals surface area (Å²) in [6.45, 7) is 2.06. The lowest BCUT2D eigenvalue weighted by atomic mass is 9.99. The molecule has 5 heteroatoms. The average molecular weight is 309 g/mol. The van der Waals surface area contributed by atoms with E-state index < -0.39 is 0 Å². The van der Waals surface area contributed by atoms with E-state index in [1.54, 1.807) is 14.2 Å². The van der Waals surface area contributed by atoms with Gasteiger partial charge in [-0.05, 0) is 36.8 Å². The number of hydrogen-bond acceptors (Lipinski definition) is 5. The highest BCUT2D eigenvalue weighted by Crippen LogP contribution is 2.37. The Labute approximate surface area is 135 Å². The van der Waals surface area contributed by atoms with Crippen LogP contribution in [0.5, 0.6) is 11.5 Å². The molecule has 118 valence electrons. The monoisotopic (exact) mass is 309 g/mol. The van der Waals surface area contributed by atoms with E-state index in [0.29, 0.717) is 5.95 Å².